The van der Waals surface area contributed by atoms with Gasteiger partial charge in [-0.2, -0.15) is 9.78 Å². The lowest BCUT2D eigenvalue weighted by molar-refractivity contribution is 0.355. The maximum Gasteiger partial charge on any atom is 0.288 e. The first-order valence-corrected chi connectivity index (χ1v) is 9.68. The number of nitrogens with one attached hydrogen (secondary N) is 2. The number of aromatic amines is 1. The predicted molar refractivity (Wildman–Crippen MR) is 115 cm³/mol. The smallest absolute Gasteiger partial charge is 0.288 e. The molecular weight excluding hydrogens is 414 g/mol. The average molecular weight is 433 g/mol. The quantitative estimate of drug-likeness (QED) is 0.428. The average Bonchev–Trinajstić information content (AvgIpc) is 3.31. The zero-order valence-electron chi connectivity index (χ0n) is 17.5. The molecule has 11 nitrogen and oxygen atoms in total. The highest BCUT2D eigenvalue weighted by molar-refractivity contribution is 5.76. The lowest BCUT2D eigenvalue weighted by Gasteiger charge is -2.28. The van der Waals surface area contributed by atoms with Crippen LogP contribution in [-0.4, -0.2) is 51.7 Å². The van der Waals surface area contributed by atoms with Crippen LogP contribution in [0.3, 0.4) is 0 Å². The topological polar surface area (TPSA) is 129 Å². The van der Waals surface area contributed by atoms with E-state index in [1.54, 1.807) is 38.1 Å². The first-order valence-electron chi connectivity index (χ1n) is 9.68. The van der Waals surface area contributed by atoms with Crippen molar-refractivity contribution in [2.75, 3.05) is 26.6 Å². The summed E-state index contributed by atoms with van der Waals surface area (Å²) in [6.07, 6.45) is 0. The summed E-state index contributed by atoms with van der Waals surface area (Å²) in [5.41, 5.74) is 2.65. The molecule has 0 saturated heterocycles. The molecule has 0 unspecified atom stereocenters. The summed E-state index contributed by atoms with van der Waals surface area (Å²) in [5.74, 6) is 2.14. The summed E-state index contributed by atoms with van der Waals surface area (Å²) in [6, 6.07) is 12.4. The molecule has 1 atom stereocenters. The molecule has 0 fully saturated rings. The third kappa shape index (κ3) is 3.02. The number of tetrazole rings is 1. The Morgan fingerprint density at radius 1 is 1.00 bits per heavy atom. The number of nitrogens with zero attached hydrogens (tertiary/aromatic N) is 5. The minimum atomic E-state index is -0.524. The number of hydrogen-bond donors (Lipinski definition) is 2. The summed E-state index contributed by atoms with van der Waals surface area (Å²) >= 11 is 0. The number of benzene rings is 2. The lowest BCUT2D eigenvalue weighted by Crippen LogP contribution is -2.29. The Balaban J connectivity index is 1.78. The van der Waals surface area contributed by atoms with Crippen LogP contribution < -0.4 is 25.1 Å². The van der Waals surface area contributed by atoms with Gasteiger partial charge in [-0.05, 0) is 46.3 Å². The minimum absolute atomic E-state index is 0.319. The van der Waals surface area contributed by atoms with E-state index in [2.05, 4.69) is 31.0 Å². The van der Waals surface area contributed by atoms with Crippen LogP contribution in [-0.2, 0) is 0 Å². The Labute approximate surface area is 181 Å². The van der Waals surface area contributed by atoms with Gasteiger partial charge in [0.25, 0.3) is 5.56 Å². The van der Waals surface area contributed by atoms with Crippen molar-refractivity contribution >= 4 is 11.6 Å². The van der Waals surface area contributed by atoms with Crippen molar-refractivity contribution in [3.63, 3.8) is 0 Å². The van der Waals surface area contributed by atoms with Crippen LogP contribution in [0.15, 0.2) is 47.3 Å². The van der Waals surface area contributed by atoms with Gasteiger partial charge in [0.2, 0.25) is 5.95 Å². The fourth-order valence-electron chi connectivity index (χ4n) is 3.86. The molecule has 0 radical (unpaired) electrons. The van der Waals surface area contributed by atoms with E-state index in [0.717, 1.165) is 11.1 Å². The number of ether oxygens (including phenoxy) is 3. The molecule has 2 aromatic heterocycles. The third-order valence-corrected chi connectivity index (χ3v) is 5.33. The molecule has 32 heavy (non-hydrogen) atoms. The summed E-state index contributed by atoms with van der Waals surface area (Å²) < 4.78 is 17.8. The molecule has 2 aromatic carbocycles. The Morgan fingerprint density at radius 2 is 1.84 bits per heavy atom. The van der Waals surface area contributed by atoms with Gasteiger partial charge < -0.3 is 19.5 Å². The molecule has 5 rings (SSSR count). The molecule has 11 heteroatoms. The maximum absolute atomic E-state index is 12.8. The lowest BCUT2D eigenvalue weighted by atomic mass is 9.92. The van der Waals surface area contributed by atoms with Crippen LogP contribution in [0.25, 0.3) is 11.3 Å². The first-order chi connectivity index (χ1) is 15.6. The Bertz CT molecular complexity index is 1360. The van der Waals surface area contributed by atoms with E-state index >= 15 is 0 Å². The largest absolute Gasteiger partial charge is 0.497 e. The molecule has 0 saturated carbocycles. The molecule has 3 heterocycles. The van der Waals surface area contributed by atoms with Crippen LogP contribution in [0.4, 0.5) is 11.6 Å². The van der Waals surface area contributed by atoms with Gasteiger partial charge in [-0.1, -0.05) is 17.2 Å². The number of anilines is 2. The van der Waals surface area contributed by atoms with Gasteiger partial charge in [-0.3, -0.25) is 4.79 Å². The normalized spacial score (nSPS) is 14.2. The standard InChI is InChI=1S/C21H19N7O4/c1-30-13-6-4-5-12(9-13)19-16-17(11-7-8-14(31-2)15(10-11)32-3)23-24-20(29)18(16)22-21-25-26-27-28(19)21/h4-10,19H,1-3H3,(H,24,29)(H,22,25,27)/t19-/m0/s1. The maximum atomic E-state index is 12.8. The first kappa shape index (κ1) is 19.5. The predicted octanol–water partition coefficient (Wildman–Crippen LogP) is 2.14. The SMILES string of the molecule is COc1cccc([C@H]2c3c(-c4ccc(OC)c(OC)c4)n[nH]c(=O)c3Nc3nnnn32)c1. The highest BCUT2D eigenvalue weighted by Gasteiger charge is 2.34. The van der Waals surface area contributed by atoms with E-state index < -0.39 is 6.04 Å². The summed E-state index contributed by atoms with van der Waals surface area (Å²) in [7, 11) is 4.73. The van der Waals surface area contributed by atoms with Crippen molar-refractivity contribution in [2.24, 2.45) is 0 Å². The molecule has 4 aromatic rings. The molecule has 0 spiro atoms. The number of aromatic nitrogens is 6. The number of rotatable bonds is 5. The minimum Gasteiger partial charge on any atom is -0.497 e. The molecular formula is C21H19N7O4. The Morgan fingerprint density at radius 3 is 2.62 bits per heavy atom. The van der Waals surface area contributed by atoms with E-state index in [-0.39, 0.29) is 5.56 Å². The van der Waals surface area contributed by atoms with Crippen molar-refractivity contribution in [3.8, 4) is 28.5 Å². The van der Waals surface area contributed by atoms with Crippen LogP contribution >= 0.6 is 0 Å². The van der Waals surface area contributed by atoms with Crippen molar-refractivity contribution < 1.29 is 14.2 Å². The van der Waals surface area contributed by atoms with Gasteiger partial charge in [-0.15, -0.1) is 0 Å². The van der Waals surface area contributed by atoms with Crippen molar-refractivity contribution in [2.45, 2.75) is 6.04 Å². The van der Waals surface area contributed by atoms with Gasteiger partial charge >= 0.3 is 0 Å². The second-order valence-corrected chi connectivity index (χ2v) is 7.01. The zero-order valence-corrected chi connectivity index (χ0v) is 17.5. The van der Waals surface area contributed by atoms with E-state index in [1.165, 1.54) is 0 Å². The van der Waals surface area contributed by atoms with Crippen LogP contribution in [0.1, 0.15) is 17.2 Å². The van der Waals surface area contributed by atoms with Gasteiger partial charge in [-0.25, -0.2) is 5.10 Å². The van der Waals surface area contributed by atoms with Gasteiger partial charge in [0, 0.05) is 11.1 Å². The van der Waals surface area contributed by atoms with Crippen molar-refractivity contribution in [3.05, 3.63) is 63.9 Å². The van der Waals surface area contributed by atoms with Crippen molar-refractivity contribution in [1.29, 1.82) is 0 Å². The Kier molecular flexibility index (Phi) is 4.70. The van der Waals surface area contributed by atoms with Crippen LogP contribution in [0.2, 0.25) is 0 Å². The van der Waals surface area contributed by atoms with E-state index in [4.69, 9.17) is 14.2 Å². The molecule has 1 aliphatic heterocycles. The molecule has 0 amide bonds. The second-order valence-electron chi connectivity index (χ2n) is 7.01. The van der Waals surface area contributed by atoms with Crippen molar-refractivity contribution in [1.82, 2.24) is 30.4 Å². The van der Waals surface area contributed by atoms with E-state index in [0.29, 0.717) is 40.1 Å². The second kappa shape index (κ2) is 7.69. The number of H-pyrrole nitrogens is 1. The van der Waals surface area contributed by atoms with Crippen LogP contribution in [0.5, 0.6) is 17.2 Å². The van der Waals surface area contributed by atoms with Crippen LogP contribution in [0, 0.1) is 0 Å². The van der Waals surface area contributed by atoms with E-state index in [1.807, 2.05) is 30.3 Å². The number of hydrogen-bond acceptors (Lipinski definition) is 9. The monoisotopic (exact) mass is 433 g/mol. The fourth-order valence-corrected chi connectivity index (χ4v) is 3.86. The molecule has 0 aliphatic carbocycles. The van der Waals surface area contributed by atoms with Gasteiger partial charge in [0.15, 0.2) is 11.5 Å². The van der Waals surface area contributed by atoms with Gasteiger partial charge in [0.05, 0.1) is 27.0 Å². The number of methoxy groups -OCH3 is 3. The fraction of sp³-hybridized carbons (Fsp3) is 0.190. The summed E-state index contributed by atoms with van der Waals surface area (Å²) in [5, 5.41) is 21.9. The number of fused-ring (bicyclic) bond motifs is 2. The molecule has 0 bridgehead atoms. The summed E-state index contributed by atoms with van der Waals surface area (Å²) in [4.78, 5) is 12.8. The molecule has 162 valence electrons. The summed E-state index contributed by atoms with van der Waals surface area (Å²) in [6.45, 7) is 0. The van der Waals surface area contributed by atoms with E-state index in [9.17, 15) is 4.79 Å². The Hall–Kier alpha value is -4.41. The zero-order chi connectivity index (χ0) is 22.2. The van der Waals surface area contributed by atoms with Gasteiger partial charge in [0.1, 0.15) is 17.5 Å². The highest BCUT2D eigenvalue weighted by atomic mass is 16.5. The highest BCUT2D eigenvalue weighted by Crippen LogP contribution is 2.42. The molecule has 2 N–H and O–H groups in total. The third-order valence-electron chi connectivity index (χ3n) is 5.33. The molecule has 1 aliphatic rings.